The third kappa shape index (κ3) is 4.91. The van der Waals surface area contributed by atoms with Crippen LogP contribution in [0.3, 0.4) is 0 Å². The Bertz CT molecular complexity index is 666. The van der Waals surface area contributed by atoms with Gasteiger partial charge in [0.25, 0.3) is 0 Å². The standard InChI is InChI=1S/C12H10F6N4O/c13-11(14,15)5-9(23)6-22-20-10(19-21-22)7-2-1-3-8(4-7)12(16,17)18/h1-4,9,23H,5-6H2. The van der Waals surface area contributed by atoms with Crippen molar-refractivity contribution in [2.75, 3.05) is 0 Å². The highest BCUT2D eigenvalue weighted by Gasteiger charge is 2.32. The maximum absolute atomic E-state index is 12.6. The molecule has 0 aliphatic rings. The van der Waals surface area contributed by atoms with Crippen molar-refractivity contribution in [1.29, 1.82) is 0 Å². The Morgan fingerprint density at radius 1 is 1.13 bits per heavy atom. The van der Waals surface area contributed by atoms with Gasteiger partial charge in [-0.3, -0.25) is 0 Å². The zero-order chi connectivity index (χ0) is 17.3. The molecule has 0 aliphatic heterocycles. The van der Waals surface area contributed by atoms with Crippen LogP contribution < -0.4 is 0 Å². The van der Waals surface area contributed by atoms with E-state index >= 15 is 0 Å². The minimum absolute atomic E-state index is 0.0105. The van der Waals surface area contributed by atoms with E-state index in [4.69, 9.17) is 0 Å². The number of aliphatic hydroxyl groups is 1. The second-order valence-electron chi connectivity index (χ2n) is 4.72. The third-order valence-electron chi connectivity index (χ3n) is 2.74. The second kappa shape index (κ2) is 6.14. The van der Waals surface area contributed by atoms with Crippen LogP contribution in [0.4, 0.5) is 26.3 Å². The van der Waals surface area contributed by atoms with Crippen LogP contribution in [0.2, 0.25) is 0 Å². The van der Waals surface area contributed by atoms with Gasteiger partial charge >= 0.3 is 12.4 Å². The first-order valence-corrected chi connectivity index (χ1v) is 6.25. The van der Waals surface area contributed by atoms with Gasteiger partial charge in [-0.15, -0.1) is 10.2 Å². The fourth-order valence-corrected chi connectivity index (χ4v) is 1.79. The monoisotopic (exact) mass is 340 g/mol. The summed E-state index contributed by atoms with van der Waals surface area (Å²) in [7, 11) is 0. The van der Waals surface area contributed by atoms with E-state index in [0.29, 0.717) is 4.80 Å². The smallest absolute Gasteiger partial charge is 0.391 e. The molecule has 0 aliphatic carbocycles. The molecule has 1 atom stereocenters. The molecule has 0 fully saturated rings. The van der Waals surface area contributed by atoms with Gasteiger partial charge in [0.15, 0.2) is 0 Å². The zero-order valence-electron chi connectivity index (χ0n) is 11.3. The van der Waals surface area contributed by atoms with Gasteiger partial charge in [0, 0.05) is 5.56 Å². The Hall–Kier alpha value is -2.17. The van der Waals surface area contributed by atoms with Crippen molar-refractivity contribution in [3.8, 4) is 11.4 Å². The molecule has 0 spiro atoms. The van der Waals surface area contributed by atoms with E-state index in [-0.39, 0.29) is 11.4 Å². The van der Waals surface area contributed by atoms with E-state index in [2.05, 4.69) is 15.4 Å². The van der Waals surface area contributed by atoms with E-state index in [1.54, 1.807) is 0 Å². The van der Waals surface area contributed by atoms with Crippen LogP contribution >= 0.6 is 0 Å². The lowest BCUT2D eigenvalue weighted by molar-refractivity contribution is -0.155. The third-order valence-corrected chi connectivity index (χ3v) is 2.74. The van der Waals surface area contributed by atoms with Gasteiger partial charge in [-0.2, -0.15) is 31.1 Å². The molecule has 1 aromatic heterocycles. The lowest BCUT2D eigenvalue weighted by atomic mass is 10.1. The SMILES string of the molecule is OC(Cn1nnc(-c2cccc(C(F)(F)F)c2)n1)CC(F)(F)F. The van der Waals surface area contributed by atoms with E-state index < -0.39 is 37.0 Å². The Balaban J connectivity index is 2.13. The van der Waals surface area contributed by atoms with Crippen LogP contribution in [0.15, 0.2) is 24.3 Å². The van der Waals surface area contributed by atoms with Gasteiger partial charge in [-0.25, -0.2) is 0 Å². The maximum Gasteiger partial charge on any atom is 0.416 e. The molecule has 0 saturated heterocycles. The van der Waals surface area contributed by atoms with Gasteiger partial charge in [-0.05, 0) is 17.3 Å². The number of hydrogen-bond acceptors (Lipinski definition) is 4. The lowest BCUT2D eigenvalue weighted by Crippen LogP contribution is -2.25. The van der Waals surface area contributed by atoms with Crippen molar-refractivity contribution in [3.05, 3.63) is 29.8 Å². The van der Waals surface area contributed by atoms with Gasteiger partial charge in [-0.1, -0.05) is 12.1 Å². The van der Waals surface area contributed by atoms with Crippen molar-refractivity contribution in [1.82, 2.24) is 20.2 Å². The molecule has 1 heterocycles. The highest BCUT2D eigenvalue weighted by molar-refractivity contribution is 5.55. The van der Waals surface area contributed by atoms with Gasteiger partial charge < -0.3 is 5.11 Å². The molecule has 0 radical (unpaired) electrons. The summed E-state index contributed by atoms with van der Waals surface area (Å²) in [5, 5.41) is 19.8. The summed E-state index contributed by atoms with van der Waals surface area (Å²) in [6.45, 7) is -0.578. The summed E-state index contributed by atoms with van der Waals surface area (Å²) < 4.78 is 74.2. The quantitative estimate of drug-likeness (QED) is 0.869. The maximum atomic E-state index is 12.6. The number of aliphatic hydroxyl groups excluding tert-OH is 1. The normalized spacial score (nSPS) is 14.0. The zero-order valence-corrected chi connectivity index (χ0v) is 11.3. The van der Waals surface area contributed by atoms with Crippen LogP contribution in [0.25, 0.3) is 11.4 Å². The molecular weight excluding hydrogens is 330 g/mol. The van der Waals surface area contributed by atoms with E-state index in [9.17, 15) is 31.4 Å². The number of aromatic nitrogens is 4. The summed E-state index contributed by atoms with van der Waals surface area (Å²) in [5.41, 5.74) is -0.903. The molecule has 1 N–H and O–H groups in total. The van der Waals surface area contributed by atoms with E-state index in [1.165, 1.54) is 6.07 Å². The number of nitrogens with zero attached hydrogens (tertiary/aromatic N) is 4. The Kier molecular flexibility index (Phi) is 4.59. The average Bonchev–Trinajstić information content (AvgIpc) is 2.84. The topological polar surface area (TPSA) is 63.8 Å². The Labute approximate surface area is 125 Å². The lowest BCUT2D eigenvalue weighted by Gasteiger charge is -2.11. The van der Waals surface area contributed by atoms with Crippen LogP contribution in [-0.4, -0.2) is 37.6 Å². The van der Waals surface area contributed by atoms with Crippen LogP contribution in [0.1, 0.15) is 12.0 Å². The fourth-order valence-electron chi connectivity index (χ4n) is 1.79. The molecule has 11 heteroatoms. The first-order chi connectivity index (χ1) is 10.5. The molecular formula is C12H10F6N4O. The molecule has 1 aromatic carbocycles. The molecule has 2 aromatic rings. The summed E-state index contributed by atoms with van der Waals surface area (Å²) in [6, 6.07) is 4.12. The van der Waals surface area contributed by atoms with Crippen molar-refractivity contribution in [2.45, 2.75) is 31.4 Å². The van der Waals surface area contributed by atoms with Crippen molar-refractivity contribution < 1.29 is 31.4 Å². The van der Waals surface area contributed by atoms with Crippen molar-refractivity contribution in [3.63, 3.8) is 0 Å². The van der Waals surface area contributed by atoms with Crippen molar-refractivity contribution in [2.24, 2.45) is 0 Å². The molecule has 0 bridgehead atoms. The Morgan fingerprint density at radius 2 is 1.83 bits per heavy atom. The number of benzene rings is 1. The molecule has 0 saturated carbocycles. The largest absolute Gasteiger partial charge is 0.416 e. The number of tetrazole rings is 1. The Morgan fingerprint density at radius 3 is 2.43 bits per heavy atom. The first kappa shape index (κ1) is 17.2. The van der Waals surface area contributed by atoms with Crippen LogP contribution in [0, 0.1) is 0 Å². The number of halogens is 6. The molecule has 5 nitrogen and oxygen atoms in total. The predicted molar refractivity (Wildman–Crippen MR) is 64.9 cm³/mol. The number of hydrogen-bond donors (Lipinski definition) is 1. The first-order valence-electron chi connectivity index (χ1n) is 6.25. The molecule has 126 valence electrons. The van der Waals surface area contributed by atoms with Gasteiger partial charge in [0.1, 0.15) is 0 Å². The number of alkyl halides is 6. The second-order valence-corrected chi connectivity index (χ2v) is 4.72. The van der Waals surface area contributed by atoms with Gasteiger partial charge in [0.2, 0.25) is 5.82 Å². The van der Waals surface area contributed by atoms with E-state index in [1.807, 2.05) is 0 Å². The molecule has 0 amide bonds. The summed E-state index contributed by atoms with van der Waals surface area (Å²) in [4.78, 5) is 0.700. The minimum atomic E-state index is -4.55. The highest BCUT2D eigenvalue weighted by atomic mass is 19.4. The summed E-state index contributed by atoms with van der Waals surface area (Å²) in [6.07, 6.45) is -12.3. The predicted octanol–water partition coefficient (Wildman–Crippen LogP) is 2.67. The van der Waals surface area contributed by atoms with Crippen molar-refractivity contribution >= 4 is 0 Å². The molecule has 23 heavy (non-hydrogen) atoms. The molecule has 1 unspecified atom stereocenters. The number of rotatable bonds is 4. The highest BCUT2D eigenvalue weighted by Crippen LogP contribution is 2.31. The van der Waals surface area contributed by atoms with E-state index in [0.717, 1.165) is 18.2 Å². The summed E-state index contributed by atoms with van der Waals surface area (Å²) in [5.74, 6) is -0.185. The molecule has 2 rings (SSSR count). The average molecular weight is 340 g/mol. The minimum Gasteiger partial charge on any atom is -0.391 e. The van der Waals surface area contributed by atoms with Crippen LogP contribution in [-0.2, 0) is 12.7 Å². The fraction of sp³-hybridized carbons (Fsp3) is 0.417. The van der Waals surface area contributed by atoms with Crippen LogP contribution in [0.5, 0.6) is 0 Å². The summed E-state index contributed by atoms with van der Waals surface area (Å²) >= 11 is 0. The van der Waals surface area contributed by atoms with Gasteiger partial charge in [0.05, 0.1) is 24.6 Å².